The summed E-state index contributed by atoms with van der Waals surface area (Å²) in [5.74, 6) is -1.07. The minimum Gasteiger partial charge on any atom is -0.373 e. The zero-order valence-electron chi connectivity index (χ0n) is 17.2. The van der Waals surface area contributed by atoms with Crippen LogP contribution in [0.2, 0.25) is 5.02 Å². The zero-order valence-corrected chi connectivity index (χ0v) is 18.0. The highest BCUT2D eigenvalue weighted by molar-refractivity contribution is 6.30. The standard InChI is InChI=1S/C26H25ClO3/c1-3-15-4-5-18(16-6-8-19(27)9-7-16)14-20(15)22-24(28)21-17-10-12-26(30-2,13-11-17)23(21)25(22)29/h4-10,12,14,17,21-23H,3,11,13H2,1-2H3/t17-,21-,22?,23+,26-/m0/s1. The molecule has 0 radical (unpaired) electrons. The number of hydrogen-bond acceptors (Lipinski definition) is 3. The van der Waals surface area contributed by atoms with Gasteiger partial charge in [-0.05, 0) is 65.6 Å². The van der Waals surface area contributed by atoms with Gasteiger partial charge in [-0.15, -0.1) is 0 Å². The number of halogens is 1. The summed E-state index contributed by atoms with van der Waals surface area (Å²) in [7, 11) is 1.66. The Kier molecular flexibility index (Phi) is 4.72. The van der Waals surface area contributed by atoms with E-state index in [1.807, 2.05) is 36.4 Å². The second-order valence-electron chi connectivity index (χ2n) is 8.74. The number of carbonyl (C=O) groups is 2. The van der Waals surface area contributed by atoms with E-state index in [1.165, 1.54) is 0 Å². The van der Waals surface area contributed by atoms with Crippen LogP contribution in [0.4, 0.5) is 0 Å². The summed E-state index contributed by atoms with van der Waals surface area (Å²) < 4.78 is 5.87. The van der Waals surface area contributed by atoms with Gasteiger partial charge >= 0.3 is 0 Å². The lowest BCUT2D eigenvalue weighted by atomic mass is 9.60. The van der Waals surface area contributed by atoms with Gasteiger partial charge in [-0.3, -0.25) is 9.59 Å². The number of Topliss-reactive ketones (excluding diaryl/α,β-unsaturated/α-hetero) is 2. The third kappa shape index (κ3) is 2.75. The van der Waals surface area contributed by atoms with Gasteiger partial charge in [-0.25, -0.2) is 0 Å². The number of allylic oxidation sites excluding steroid dienone is 1. The van der Waals surface area contributed by atoms with Crippen LogP contribution >= 0.6 is 11.6 Å². The van der Waals surface area contributed by atoms with E-state index in [0.29, 0.717) is 5.02 Å². The summed E-state index contributed by atoms with van der Waals surface area (Å²) in [6.07, 6.45) is 6.64. The Morgan fingerprint density at radius 2 is 1.80 bits per heavy atom. The third-order valence-corrected chi connectivity index (χ3v) is 7.69. The molecule has 0 aromatic heterocycles. The average Bonchev–Trinajstić information content (AvgIpc) is 3.07. The molecule has 1 unspecified atom stereocenters. The number of ether oxygens (including phenoxy) is 1. The predicted octanol–water partition coefficient (Wildman–Crippen LogP) is 5.40. The highest BCUT2D eigenvalue weighted by Crippen LogP contribution is 2.56. The molecule has 2 aromatic carbocycles. The van der Waals surface area contributed by atoms with Crippen LogP contribution in [-0.4, -0.2) is 24.3 Å². The Labute approximate surface area is 182 Å². The van der Waals surface area contributed by atoms with Gasteiger partial charge in [0.15, 0.2) is 11.6 Å². The number of methoxy groups -OCH3 is 1. The summed E-state index contributed by atoms with van der Waals surface area (Å²) >= 11 is 6.04. The first-order chi connectivity index (χ1) is 14.5. The number of rotatable bonds is 4. The first-order valence-electron chi connectivity index (χ1n) is 10.7. The van der Waals surface area contributed by atoms with E-state index in [-0.39, 0.29) is 29.3 Å². The maximum Gasteiger partial charge on any atom is 0.154 e. The molecule has 4 aliphatic rings. The Balaban J connectivity index is 1.60. The number of hydrogen-bond donors (Lipinski definition) is 0. The number of ketones is 2. The van der Waals surface area contributed by atoms with Crippen molar-refractivity contribution in [1.82, 2.24) is 0 Å². The van der Waals surface area contributed by atoms with Crippen LogP contribution < -0.4 is 0 Å². The van der Waals surface area contributed by atoms with Gasteiger partial charge in [0.1, 0.15) is 5.92 Å². The summed E-state index contributed by atoms with van der Waals surface area (Å²) in [5.41, 5.74) is 3.32. The lowest BCUT2D eigenvalue weighted by Gasteiger charge is -2.47. The molecular weight excluding hydrogens is 396 g/mol. The number of fused-ring (bicyclic) bond motifs is 1. The molecule has 2 fully saturated rings. The Bertz CT molecular complexity index is 1050. The fraction of sp³-hybridized carbons (Fsp3) is 0.385. The Hall–Kier alpha value is -2.23. The molecule has 2 aromatic rings. The quantitative estimate of drug-likeness (QED) is 0.491. The maximum absolute atomic E-state index is 13.7. The predicted molar refractivity (Wildman–Crippen MR) is 118 cm³/mol. The molecule has 0 spiro atoms. The monoisotopic (exact) mass is 420 g/mol. The fourth-order valence-corrected chi connectivity index (χ4v) is 6.01. The molecule has 4 aliphatic carbocycles. The van der Waals surface area contributed by atoms with Crippen molar-refractivity contribution in [1.29, 1.82) is 0 Å². The molecule has 5 atom stereocenters. The van der Waals surface area contributed by atoms with Crippen molar-refractivity contribution in [3.63, 3.8) is 0 Å². The van der Waals surface area contributed by atoms with E-state index in [4.69, 9.17) is 16.3 Å². The van der Waals surface area contributed by atoms with Gasteiger partial charge in [0.2, 0.25) is 0 Å². The smallest absolute Gasteiger partial charge is 0.154 e. The molecule has 0 amide bonds. The topological polar surface area (TPSA) is 43.4 Å². The largest absolute Gasteiger partial charge is 0.373 e. The van der Waals surface area contributed by atoms with Crippen LogP contribution in [-0.2, 0) is 20.7 Å². The highest BCUT2D eigenvalue weighted by Gasteiger charge is 2.63. The minimum absolute atomic E-state index is 0.0313. The lowest BCUT2D eigenvalue weighted by molar-refractivity contribution is -0.140. The summed E-state index contributed by atoms with van der Waals surface area (Å²) in [6.45, 7) is 2.07. The van der Waals surface area contributed by atoms with Crippen LogP contribution in [0.1, 0.15) is 36.8 Å². The minimum atomic E-state index is -0.697. The number of carbonyl (C=O) groups excluding carboxylic acids is 2. The van der Waals surface area contributed by atoms with Gasteiger partial charge in [-0.2, -0.15) is 0 Å². The van der Waals surface area contributed by atoms with E-state index < -0.39 is 11.5 Å². The van der Waals surface area contributed by atoms with E-state index in [1.54, 1.807) is 7.11 Å². The Morgan fingerprint density at radius 1 is 1.07 bits per heavy atom. The van der Waals surface area contributed by atoms with Crippen molar-refractivity contribution in [2.45, 2.75) is 37.7 Å². The summed E-state index contributed by atoms with van der Waals surface area (Å²) in [6, 6.07) is 13.8. The normalized spacial score (nSPS) is 32.0. The molecule has 3 nitrogen and oxygen atoms in total. The highest BCUT2D eigenvalue weighted by atomic mass is 35.5. The SMILES string of the molecule is CCc1ccc(-c2ccc(Cl)cc2)cc1C1C(=O)[C@H]2[C@H]3C=C[C@](OC)(CC3)[C@H]2C1=O. The molecule has 0 N–H and O–H groups in total. The molecular formula is C26H25ClO3. The maximum atomic E-state index is 13.7. The molecule has 30 heavy (non-hydrogen) atoms. The fourth-order valence-electron chi connectivity index (χ4n) is 5.88. The molecule has 2 saturated carbocycles. The summed E-state index contributed by atoms with van der Waals surface area (Å²) in [4.78, 5) is 27.3. The molecule has 154 valence electrons. The molecule has 4 heteroatoms. The number of benzene rings is 2. The van der Waals surface area contributed by atoms with Gasteiger partial charge in [0.25, 0.3) is 0 Å². The Morgan fingerprint density at radius 3 is 2.43 bits per heavy atom. The third-order valence-electron chi connectivity index (χ3n) is 7.44. The lowest BCUT2D eigenvalue weighted by Crippen LogP contribution is -2.52. The van der Waals surface area contributed by atoms with Crippen LogP contribution in [0.5, 0.6) is 0 Å². The number of aryl methyl sites for hydroxylation is 1. The molecule has 6 rings (SSSR count). The average molecular weight is 421 g/mol. The second kappa shape index (κ2) is 7.18. The second-order valence-corrected chi connectivity index (χ2v) is 9.17. The zero-order chi connectivity index (χ0) is 21.0. The van der Waals surface area contributed by atoms with E-state index in [0.717, 1.165) is 41.5 Å². The van der Waals surface area contributed by atoms with Crippen molar-refractivity contribution < 1.29 is 14.3 Å². The van der Waals surface area contributed by atoms with Crippen molar-refractivity contribution >= 4 is 23.2 Å². The van der Waals surface area contributed by atoms with Crippen LogP contribution in [0.15, 0.2) is 54.6 Å². The van der Waals surface area contributed by atoms with Gasteiger partial charge < -0.3 is 4.74 Å². The molecule has 0 aliphatic heterocycles. The molecule has 0 heterocycles. The molecule has 0 saturated heterocycles. The molecule has 2 bridgehead atoms. The first-order valence-corrected chi connectivity index (χ1v) is 11.1. The summed E-state index contributed by atoms with van der Waals surface area (Å²) in [5, 5.41) is 0.683. The van der Waals surface area contributed by atoms with Crippen molar-refractivity contribution in [3.05, 3.63) is 70.8 Å². The van der Waals surface area contributed by atoms with Crippen molar-refractivity contribution in [2.75, 3.05) is 7.11 Å². The van der Waals surface area contributed by atoms with Gasteiger partial charge in [-0.1, -0.05) is 54.9 Å². The van der Waals surface area contributed by atoms with Crippen LogP contribution in [0.3, 0.4) is 0 Å². The van der Waals surface area contributed by atoms with Gasteiger partial charge in [0, 0.05) is 18.1 Å². The van der Waals surface area contributed by atoms with Crippen molar-refractivity contribution in [2.24, 2.45) is 17.8 Å². The van der Waals surface area contributed by atoms with E-state index in [9.17, 15) is 9.59 Å². The van der Waals surface area contributed by atoms with E-state index >= 15 is 0 Å². The first kappa shape index (κ1) is 19.7. The van der Waals surface area contributed by atoms with Crippen molar-refractivity contribution in [3.8, 4) is 11.1 Å². The van der Waals surface area contributed by atoms with Crippen LogP contribution in [0, 0.1) is 17.8 Å². The van der Waals surface area contributed by atoms with Gasteiger partial charge in [0.05, 0.1) is 11.5 Å². The van der Waals surface area contributed by atoms with Crippen LogP contribution in [0.25, 0.3) is 11.1 Å². The van der Waals surface area contributed by atoms with E-state index in [2.05, 4.69) is 25.1 Å².